The summed E-state index contributed by atoms with van der Waals surface area (Å²) < 4.78 is 5.75. The van der Waals surface area contributed by atoms with Gasteiger partial charge in [0.05, 0.1) is 6.04 Å². The second-order valence-electron chi connectivity index (χ2n) is 7.09. The van der Waals surface area contributed by atoms with Crippen molar-refractivity contribution >= 4 is 22.6 Å². The number of pyridine rings is 1. The molecule has 1 aromatic heterocycles. The second kappa shape index (κ2) is 7.79. The molecule has 0 bridgehead atoms. The van der Waals surface area contributed by atoms with Crippen molar-refractivity contribution in [1.82, 2.24) is 10.3 Å². The molecule has 0 radical (unpaired) electrons. The lowest BCUT2D eigenvalue weighted by molar-refractivity contribution is -0.123. The van der Waals surface area contributed by atoms with E-state index in [-0.39, 0.29) is 24.1 Å². The third kappa shape index (κ3) is 3.85. The maximum atomic E-state index is 12.5. The van der Waals surface area contributed by atoms with Gasteiger partial charge in [0.2, 0.25) is 0 Å². The van der Waals surface area contributed by atoms with Gasteiger partial charge in [-0.1, -0.05) is 36.4 Å². The average molecular weight is 391 g/mol. The molecule has 2 amide bonds. The van der Waals surface area contributed by atoms with E-state index in [2.05, 4.69) is 10.3 Å². The zero-order valence-corrected chi connectivity index (χ0v) is 15.7. The number of benzene rings is 2. The fourth-order valence-corrected chi connectivity index (χ4v) is 3.77. The predicted molar refractivity (Wildman–Crippen MR) is 109 cm³/mol. The maximum Gasteiger partial charge on any atom is 0.261 e. The van der Waals surface area contributed by atoms with Gasteiger partial charge in [-0.25, -0.2) is 0 Å². The molecule has 1 atom stereocenters. The number of amides is 2. The molecule has 1 unspecified atom stereocenters. The number of hydrogen-bond donors (Lipinski definition) is 3. The number of hydrogen-bond acceptors (Lipinski definition) is 4. The normalized spacial score (nSPS) is 15.5. The van der Waals surface area contributed by atoms with Gasteiger partial charge in [-0.05, 0) is 42.3 Å². The van der Waals surface area contributed by atoms with Gasteiger partial charge < -0.3 is 20.8 Å². The Morgan fingerprint density at radius 3 is 2.79 bits per heavy atom. The van der Waals surface area contributed by atoms with Crippen molar-refractivity contribution in [3.8, 4) is 5.75 Å². The summed E-state index contributed by atoms with van der Waals surface area (Å²) in [7, 11) is 0. The van der Waals surface area contributed by atoms with E-state index < -0.39 is 11.5 Å². The van der Waals surface area contributed by atoms with Gasteiger partial charge in [-0.15, -0.1) is 0 Å². The Bertz CT molecular complexity index is 1150. The van der Waals surface area contributed by atoms with Crippen molar-refractivity contribution < 1.29 is 14.3 Å². The first kappa shape index (κ1) is 18.7. The molecule has 7 heteroatoms. The Kier molecular flexibility index (Phi) is 5.03. The fourth-order valence-electron chi connectivity index (χ4n) is 3.77. The minimum atomic E-state index is -0.788. The smallest absolute Gasteiger partial charge is 0.261 e. The third-order valence-corrected chi connectivity index (χ3v) is 5.16. The number of aromatic amines is 1. The van der Waals surface area contributed by atoms with E-state index in [9.17, 15) is 14.4 Å². The Hall–Kier alpha value is -3.61. The molecule has 4 N–H and O–H groups in total. The molecule has 1 aliphatic carbocycles. The molecular formula is C22H21N3O4. The molecule has 0 saturated carbocycles. The number of nitrogens with two attached hydrogens (primary N) is 1. The van der Waals surface area contributed by atoms with E-state index in [0.29, 0.717) is 18.6 Å². The van der Waals surface area contributed by atoms with Crippen LogP contribution in [0, 0.1) is 0 Å². The predicted octanol–water partition coefficient (Wildman–Crippen LogP) is 2.20. The number of aromatic nitrogens is 1. The number of fused-ring (bicyclic) bond motifs is 2. The summed E-state index contributed by atoms with van der Waals surface area (Å²) in [5, 5.41) is 4.92. The quantitative estimate of drug-likeness (QED) is 0.618. The van der Waals surface area contributed by atoms with Crippen LogP contribution >= 0.6 is 0 Å². The highest BCUT2D eigenvalue weighted by atomic mass is 16.5. The molecule has 0 aliphatic heterocycles. The van der Waals surface area contributed by atoms with E-state index >= 15 is 0 Å². The molecule has 7 nitrogen and oxygen atoms in total. The van der Waals surface area contributed by atoms with Crippen molar-refractivity contribution in [1.29, 1.82) is 0 Å². The lowest BCUT2D eigenvalue weighted by atomic mass is 9.90. The first-order valence-electron chi connectivity index (χ1n) is 9.49. The number of nitrogens with one attached hydrogen (secondary N) is 2. The summed E-state index contributed by atoms with van der Waals surface area (Å²) in [4.78, 5) is 38.7. The Morgan fingerprint density at radius 1 is 1.17 bits per heavy atom. The van der Waals surface area contributed by atoms with Gasteiger partial charge in [-0.3, -0.25) is 14.4 Å². The van der Waals surface area contributed by atoms with Crippen LogP contribution in [-0.2, 0) is 11.2 Å². The fraction of sp³-hybridized carbons (Fsp3) is 0.227. The van der Waals surface area contributed by atoms with E-state index in [1.165, 1.54) is 6.07 Å². The van der Waals surface area contributed by atoms with Crippen LogP contribution in [0.3, 0.4) is 0 Å². The molecule has 0 saturated heterocycles. The highest BCUT2D eigenvalue weighted by Gasteiger charge is 2.25. The molecule has 0 spiro atoms. The van der Waals surface area contributed by atoms with Crippen molar-refractivity contribution in [2.45, 2.75) is 25.3 Å². The summed E-state index contributed by atoms with van der Waals surface area (Å²) in [6.07, 6.45) is 2.20. The molecule has 0 fully saturated rings. The zero-order valence-electron chi connectivity index (χ0n) is 15.7. The number of rotatable bonds is 5. The number of aryl methyl sites for hydroxylation is 1. The summed E-state index contributed by atoms with van der Waals surface area (Å²) in [6, 6.07) is 14.7. The standard InChI is InChI=1S/C22H21N3O4/c23-21(27)16-11-15-17(8-4-9-18(15)25-22(16)28)24-20(26)12-29-19-10-3-6-13-5-1-2-7-14(13)19/h1-3,5-7,10-11,17H,4,8-9,12H2,(H2,23,27)(H,24,26)(H,25,28). The molecule has 3 aromatic rings. The summed E-state index contributed by atoms with van der Waals surface area (Å²) >= 11 is 0. The monoisotopic (exact) mass is 391 g/mol. The van der Waals surface area contributed by atoms with Crippen LogP contribution in [-0.4, -0.2) is 23.4 Å². The van der Waals surface area contributed by atoms with Crippen molar-refractivity contribution in [2.24, 2.45) is 5.73 Å². The molecule has 1 aliphatic rings. The highest BCUT2D eigenvalue weighted by Crippen LogP contribution is 2.28. The first-order valence-corrected chi connectivity index (χ1v) is 9.49. The van der Waals surface area contributed by atoms with Crippen molar-refractivity contribution in [3.63, 3.8) is 0 Å². The Morgan fingerprint density at radius 2 is 1.97 bits per heavy atom. The van der Waals surface area contributed by atoms with E-state index in [4.69, 9.17) is 10.5 Å². The van der Waals surface area contributed by atoms with Gasteiger partial charge in [0, 0.05) is 11.1 Å². The summed E-state index contributed by atoms with van der Waals surface area (Å²) in [6.45, 7) is -0.133. The lowest BCUT2D eigenvalue weighted by Gasteiger charge is -2.26. The Labute approximate surface area is 166 Å². The van der Waals surface area contributed by atoms with E-state index in [1.54, 1.807) is 0 Å². The van der Waals surface area contributed by atoms with Crippen LogP contribution in [0.25, 0.3) is 10.8 Å². The molecule has 2 aromatic carbocycles. The van der Waals surface area contributed by atoms with Gasteiger partial charge >= 0.3 is 0 Å². The average Bonchev–Trinajstić information content (AvgIpc) is 2.71. The molecule has 4 rings (SSSR count). The van der Waals surface area contributed by atoms with E-state index in [1.807, 2.05) is 42.5 Å². The zero-order chi connectivity index (χ0) is 20.4. The largest absolute Gasteiger partial charge is 0.483 e. The molecule has 148 valence electrons. The maximum absolute atomic E-state index is 12.5. The SMILES string of the molecule is NC(=O)c1cc2c([nH]c1=O)CCCC2NC(=O)COc1cccc2ccccc12. The summed E-state index contributed by atoms with van der Waals surface area (Å²) in [5.41, 5.74) is 6.14. The molecule has 1 heterocycles. The minimum absolute atomic E-state index is 0.100. The number of H-pyrrole nitrogens is 1. The van der Waals surface area contributed by atoms with Gasteiger partial charge in [0.25, 0.3) is 17.4 Å². The number of carbonyl (C=O) groups is 2. The van der Waals surface area contributed by atoms with Gasteiger partial charge in [0.1, 0.15) is 11.3 Å². The molecule has 29 heavy (non-hydrogen) atoms. The molecular weight excluding hydrogens is 370 g/mol. The number of carbonyl (C=O) groups excluding carboxylic acids is 2. The van der Waals surface area contributed by atoms with Crippen LogP contribution in [0.4, 0.5) is 0 Å². The number of primary amides is 1. The minimum Gasteiger partial charge on any atom is -0.483 e. The van der Waals surface area contributed by atoms with Crippen molar-refractivity contribution in [3.05, 3.63) is 75.7 Å². The Balaban J connectivity index is 1.49. The topological polar surface area (TPSA) is 114 Å². The van der Waals surface area contributed by atoms with E-state index in [0.717, 1.165) is 28.5 Å². The lowest BCUT2D eigenvalue weighted by Crippen LogP contribution is -2.36. The van der Waals surface area contributed by atoms with Crippen molar-refractivity contribution in [2.75, 3.05) is 6.61 Å². The highest BCUT2D eigenvalue weighted by molar-refractivity contribution is 5.92. The first-order chi connectivity index (χ1) is 14.0. The van der Waals surface area contributed by atoms with Gasteiger partial charge in [-0.2, -0.15) is 0 Å². The second-order valence-corrected chi connectivity index (χ2v) is 7.09. The van der Waals surface area contributed by atoms with Crippen LogP contribution in [0.5, 0.6) is 5.75 Å². The van der Waals surface area contributed by atoms with Crippen LogP contribution in [0.1, 0.15) is 40.5 Å². The number of ether oxygens (including phenoxy) is 1. The van der Waals surface area contributed by atoms with Crippen LogP contribution < -0.4 is 21.3 Å². The van der Waals surface area contributed by atoms with Crippen LogP contribution in [0.15, 0.2) is 53.3 Å². The third-order valence-electron chi connectivity index (χ3n) is 5.16. The summed E-state index contributed by atoms with van der Waals surface area (Å²) in [5.74, 6) is -0.422. The van der Waals surface area contributed by atoms with Gasteiger partial charge in [0.15, 0.2) is 6.61 Å². The van der Waals surface area contributed by atoms with Crippen LogP contribution in [0.2, 0.25) is 0 Å².